The van der Waals surface area contributed by atoms with E-state index in [1.807, 2.05) is 0 Å². The third-order valence-corrected chi connectivity index (χ3v) is 2.63. The fourth-order valence-corrected chi connectivity index (χ4v) is 1.68. The number of hydrogen-bond donors (Lipinski definition) is 1. The van der Waals surface area contributed by atoms with Crippen molar-refractivity contribution in [1.82, 2.24) is 5.32 Å². The Bertz CT molecular complexity index is 230. The molecule has 0 amide bonds. The van der Waals surface area contributed by atoms with E-state index in [-0.39, 0.29) is 0 Å². The molecule has 0 atom stereocenters. The van der Waals surface area contributed by atoms with Gasteiger partial charge in [0.05, 0.1) is 0 Å². The molecular formula is C14H23N. The average molecular weight is 205 g/mol. The van der Waals surface area contributed by atoms with Crippen LogP contribution >= 0.6 is 0 Å². The maximum absolute atomic E-state index is 3.48. The SMILES string of the molecule is CCCCCCCNCc1ccccc1. The predicted octanol–water partition coefficient (Wildman–Crippen LogP) is 3.75. The monoisotopic (exact) mass is 205 g/mol. The van der Waals surface area contributed by atoms with E-state index in [4.69, 9.17) is 0 Å². The van der Waals surface area contributed by atoms with Crippen molar-refractivity contribution in [3.63, 3.8) is 0 Å². The predicted molar refractivity (Wildman–Crippen MR) is 66.9 cm³/mol. The van der Waals surface area contributed by atoms with Crippen molar-refractivity contribution in [3.8, 4) is 0 Å². The van der Waals surface area contributed by atoms with E-state index in [1.165, 1.54) is 37.7 Å². The van der Waals surface area contributed by atoms with Crippen molar-refractivity contribution in [2.24, 2.45) is 0 Å². The molecule has 1 aromatic rings. The first kappa shape index (κ1) is 12.3. The van der Waals surface area contributed by atoms with Crippen molar-refractivity contribution in [2.75, 3.05) is 6.54 Å². The fourth-order valence-electron chi connectivity index (χ4n) is 1.68. The van der Waals surface area contributed by atoms with E-state index in [9.17, 15) is 0 Å². The second kappa shape index (κ2) is 8.49. The van der Waals surface area contributed by atoms with Gasteiger partial charge in [-0.3, -0.25) is 0 Å². The summed E-state index contributed by atoms with van der Waals surface area (Å²) in [4.78, 5) is 0. The van der Waals surface area contributed by atoms with Crippen LogP contribution in [0.25, 0.3) is 0 Å². The lowest BCUT2D eigenvalue weighted by molar-refractivity contribution is 0.583. The maximum atomic E-state index is 3.48. The number of nitrogens with one attached hydrogen (secondary N) is 1. The van der Waals surface area contributed by atoms with Crippen LogP contribution in [0.5, 0.6) is 0 Å². The Morgan fingerprint density at radius 2 is 1.67 bits per heavy atom. The summed E-state index contributed by atoms with van der Waals surface area (Å²) in [7, 11) is 0. The molecule has 84 valence electrons. The molecule has 0 aliphatic carbocycles. The Hall–Kier alpha value is -0.820. The summed E-state index contributed by atoms with van der Waals surface area (Å²) >= 11 is 0. The summed E-state index contributed by atoms with van der Waals surface area (Å²) in [5.41, 5.74) is 1.38. The number of benzene rings is 1. The van der Waals surface area contributed by atoms with Crippen molar-refractivity contribution in [2.45, 2.75) is 45.6 Å². The molecule has 0 aliphatic heterocycles. The third kappa shape index (κ3) is 6.29. The quantitative estimate of drug-likeness (QED) is 0.637. The molecule has 1 nitrogen and oxygen atoms in total. The second-order valence-corrected chi connectivity index (χ2v) is 4.08. The lowest BCUT2D eigenvalue weighted by atomic mass is 10.1. The van der Waals surface area contributed by atoms with E-state index >= 15 is 0 Å². The van der Waals surface area contributed by atoms with Gasteiger partial charge < -0.3 is 5.32 Å². The van der Waals surface area contributed by atoms with Crippen molar-refractivity contribution in [3.05, 3.63) is 35.9 Å². The summed E-state index contributed by atoms with van der Waals surface area (Å²) < 4.78 is 0. The van der Waals surface area contributed by atoms with E-state index in [0.717, 1.165) is 13.1 Å². The zero-order valence-electron chi connectivity index (χ0n) is 9.84. The molecule has 0 saturated heterocycles. The molecule has 15 heavy (non-hydrogen) atoms. The van der Waals surface area contributed by atoms with Gasteiger partial charge in [0.25, 0.3) is 0 Å². The lowest BCUT2D eigenvalue weighted by Gasteiger charge is -2.04. The van der Waals surface area contributed by atoms with Crippen molar-refractivity contribution < 1.29 is 0 Å². The van der Waals surface area contributed by atoms with Gasteiger partial charge in [-0.2, -0.15) is 0 Å². The highest BCUT2D eigenvalue weighted by Crippen LogP contribution is 2.02. The second-order valence-electron chi connectivity index (χ2n) is 4.08. The first-order valence-corrected chi connectivity index (χ1v) is 6.18. The summed E-state index contributed by atoms with van der Waals surface area (Å²) in [5.74, 6) is 0. The van der Waals surface area contributed by atoms with Gasteiger partial charge >= 0.3 is 0 Å². The molecular weight excluding hydrogens is 182 g/mol. The van der Waals surface area contributed by atoms with E-state index in [1.54, 1.807) is 0 Å². The van der Waals surface area contributed by atoms with Gasteiger partial charge in [0.1, 0.15) is 0 Å². The normalized spacial score (nSPS) is 10.5. The smallest absolute Gasteiger partial charge is 0.0205 e. The third-order valence-electron chi connectivity index (χ3n) is 2.63. The minimum Gasteiger partial charge on any atom is -0.313 e. The molecule has 0 heterocycles. The Morgan fingerprint density at radius 1 is 0.933 bits per heavy atom. The molecule has 0 saturated carbocycles. The summed E-state index contributed by atoms with van der Waals surface area (Å²) in [5, 5.41) is 3.48. The topological polar surface area (TPSA) is 12.0 Å². The van der Waals surface area contributed by atoms with Gasteiger partial charge in [-0.1, -0.05) is 62.9 Å². The Balaban J connectivity index is 1.93. The van der Waals surface area contributed by atoms with Gasteiger partial charge in [-0.05, 0) is 18.5 Å². The molecule has 1 rings (SSSR count). The number of rotatable bonds is 8. The van der Waals surface area contributed by atoms with E-state index in [2.05, 4.69) is 42.6 Å². The lowest BCUT2D eigenvalue weighted by Crippen LogP contribution is -2.14. The Morgan fingerprint density at radius 3 is 2.40 bits per heavy atom. The van der Waals surface area contributed by atoms with Crippen LogP contribution in [0.3, 0.4) is 0 Å². The van der Waals surface area contributed by atoms with Crippen LogP contribution in [-0.2, 0) is 6.54 Å². The van der Waals surface area contributed by atoms with Crippen molar-refractivity contribution >= 4 is 0 Å². The molecule has 1 heteroatoms. The fraction of sp³-hybridized carbons (Fsp3) is 0.571. The van der Waals surface area contributed by atoms with Gasteiger partial charge in [0, 0.05) is 6.54 Å². The molecule has 0 bridgehead atoms. The zero-order chi connectivity index (χ0) is 10.8. The van der Waals surface area contributed by atoms with Crippen LogP contribution < -0.4 is 5.32 Å². The van der Waals surface area contributed by atoms with Gasteiger partial charge in [0.2, 0.25) is 0 Å². The highest BCUT2D eigenvalue weighted by atomic mass is 14.8. The van der Waals surface area contributed by atoms with Gasteiger partial charge in [-0.15, -0.1) is 0 Å². The molecule has 1 aromatic carbocycles. The minimum atomic E-state index is 1.01. The van der Waals surface area contributed by atoms with Crippen molar-refractivity contribution in [1.29, 1.82) is 0 Å². The molecule has 0 radical (unpaired) electrons. The van der Waals surface area contributed by atoms with E-state index < -0.39 is 0 Å². The molecule has 1 N–H and O–H groups in total. The van der Waals surface area contributed by atoms with Gasteiger partial charge in [-0.25, -0.2) is 0 Å². The molecule has 0 spiro atoms. The largest absolute Gasteiger partial charge is 0.313 e. The van der Waals surface area contributed by atoms with E-state index in [0.29, 0.717) is 0 Å². The number of unbranched alkanes of at least 4 members (excludes halogenated alkanes) is 4. The molecule has 0 aromatic heterocycles. The summed E-state index contributed by atoms with van der Waals surface area (Å²) in [6, 6.07) is 10.6. The van der Waals surface area contributed by atoms with Crippen LogP contribution in [0.4, 0.5) is 0 Å². The van der Waals surface area contributed by atoms with Crippen LogP contribution in [0.1, 0.15) is 44.6 Å². The zero-order valence-corrected chi connectivity index (χ0v) is 9.84. The highest BCUT2D eigenvalue weighted by molar-refractivity contribution is 5.14. The van der Waals surface area contributed by atoms with Crippen LogP contribution in [0, 0.1) is 0 Å². The average Bonchev–Trinajstić information content (AvgIpc) is 2.29. The van der Waals surface area contributed by atoms with Crippen LogP contribution in [0.2, 0.25) is 0 Å². The maximum Gasteiger partial charge on any atom is 0.0205 e. The molecule has 0 unspecified atom stereocenters. The van der Waals surface area contributed by atoms with Crippen LogP contribution in [-0.4, -0.2) is 6.54 Å². The standard InChI is InChI=1S/C14H23N/c1-2-3-4-5-9-12-15-13-14-10-7-6-8-11-14/h6-8,10-11,15H,2-5,9,12-13H2,1H3. The Kier molecular flexibility index (Phi) is 6.93. The van der Waals surface area contributed by atoms with Gasteiger partial charge in [0.15, 0.2) is 0 Å². The summed E-state index contributed by atoms with van der Waals surface area (Å²) in [6.45, 7) is 4.42. The molecule has 0 fully saturated rings. The Labute approximate surface area is 93.9 Å². The molecule has 0 aliphatic rings. The summed E-state index contributed by atoms with van der Waals surface area (Å²) in [6.07, 6.45) is 6.79. The first-order chi connectivity index (χ1) is 7.43. The van der Waals surface area contributed by atoms with Crippen LogP contribution in [0.15, 0.2) is 30.3 Å². The number of hydrogen-bond acceptors (Lipinski definition) is 1. The minimum absolute atomic E-state index is 1.01. The highest BCUT2D eigenvalue weighted by Gasteiger charge is 1.91. The first-order valence-electron chi connectivity index (χ1n) is 6.18.